The summed E-state index contributed by atoms with van der Waals surface area (Å²) in [6.07, 6.45) is 33.7. The Morgan fingerprint density at radius 3 is 0.861 bits per heavy atom. The molecule has 0 aliphatic carbocycles. The zero-order valence-electron chi connectivity index (χ0n) is 50.7. The van der Waals surface area contributed by atoms with Crippen molar-refractivity contribution < 1.29 is 80.2 Å². The largest absolute Gasteiger partial charge is 0.472 e. The van der Waals surface area contributed by atoms with E-state index in [4.69, 9.17) is 37.0 Å². The number of esters is 4. The van der Waals surface area contributed by atoms with E-state index >= 15 is 0 Å². The Labute approximate surface area is 479 Å². The van der Waals surface area contributed by atoms with E-state index in [0.717, 1.165) is 102 Å². The third kappa shape index (κ3) is 55.0. The normalized spacial score (nSPS) is 14.4. The summed E-state index contributed by atoms with van der Waals surface area (Å²) in [6, 6.07) is 0. The number of ether oxygens (including phenoxy) is 4. The number of aliphatic hydroxyl groups is 1. The van der Waals surface area contributed by atoms with Gasteiger partial charge >= 0.3 is 39.5 Å². The summed E-state index contributed by atoms with van der Waals surface area (Å²) in [7, 11) is -9.87. The zero-order valence-corrected chi connectivity index (χ0v) is 52.4. The summed E-state index contributed by atoms with van der Waals surface area (Å²) < 4.78 is 67.7. The van der Waals surface area contributed by atoms with Crippen molar-refractivity contribution in [1.82, 2.24) is 0 Å². The lowest BCUT2D eigenvalue weighted by Crippen LogP contribution is -2.30. The molecule has 2 unspecified atom stereocenters. The predicted molar refractivity (Wildman–Crippen MR) is 312 cm³/mol. The highest BCUT2D eigenvalue weighted by Gasteiger charge is 2.30. The average Bonchev–Trinajstić information content (AvgIpc) is 3.40. The highest BCUT2D eigenvalue weighted by atomic mass is 31.2. The van der Waals surface area contributed by atoms with Gasteiger partial charge in [0.15, 0.2) is 12.2 Å². The van der Waals surface area contributed by atoms with E-state index in [1.165, 1.54) is 103 Å². The van der Waals surface area contributed by atoms with Gasteiger partial charge in [-0.15, -0.1) is 0 Å². The molecular formula is C60H116O17P2. The Bertz CT molecular complexity index is 1560. The first-order chi connectivity index (χ1) is 37.9. The first-order valence-electron chi connectivity index (χ1n) is 31.5. The molecule has 0 bridgehead atoms. The van der Waals surface area contributed by atoms with Crippen LogP contribution in [-0.4, -0.2) is 96.7 Å². The van der Waals surface area contributed by atoms with Gasteiger partial charge in [-0.3, -0.25) is 37.3 Å². The lowest BCUT2D eigenvalue weighted by Gasteiger charge is -2.21. The Kier molecular flexibility index (Phi) is 51.5. The minimum Gasteiger partial charge on any atom is -0.462 e. The van der Waals surface area contributed by atoms with Crippen LogP contribution in [0.1, 0.15) is 292 Å². The topological polar surface area (TPSA) is 237 Å². The molecule has 0 spiro atoms. The van der Waals surface area contributed by atoms with Gasteiger partial charge in [-0.05, 0) is 37.5 Å². The fourth-order valence-corrected chi connectivity index (χ4v) is 10.4. The number of carbonyl (C=O) groups is 4. The molecule has 17 nitrogen and oxygen atoms in total. The number of hydrogen-bond acceptors (Lipinski definition) is 15. The molecule has 0 heterocycles. The van der Waals surface area contributed by atoms with E-state index < -0.39 is 97.5 Å². The van der Waals surface area contributed by atoms with Gasteiger partial charge in [0.05, 0.1) is 26.4 Å². The van der Waals surface area contributed by atoms with E-state index in [0.29, 0.717) is 31.6 Å². The number of aliphatic hydroxyl groups excluding tert-OH is 1. The van der Waals surface area contributed by atoms with Crippen molar-refractivity contribution in [3.63, 3.8) is 0 Å². The van der Waals surface area contributed by atoms with Crippen LogP contribution in [0.3, 0.4) is 0 Å². The molecule has 0 aromatic rings. The van der Waals surface area contributed by atoms with Crippen LogP contribution >= 0.6 is 15.6 Å². The molecule has 0 aliphatic rings. The molecule has 0 radical (unpaired) electrons. The summed E-state index contributed by atoms with van der Waals surface area (Å²) in [5.41, 5.74) is 0. The molecule has 0 aromatic heterocycles. The van der Waals surface area contributed by atoms with Crippen molar-refractivity contribution in [1.29, 1.82) is 0 Å². The maximum Gasteiger partial charge on any atom is 0.472 e. The first kappa shape index (κ1) is 77.1. The Morgan fingerprint density at radius 2 is 0.582 bits per heavy atom. The van der Waals surface area contributed by atoms with Crippen LogP contribution in [0.5, 0.6) is 0 Å². The molecule has 0 aromatic carbocycles. The summed E-state index contributed by atoms with van der Waals surface area (Å²) in [5.74, 6) is -0.759. The molecule has 79 heavy (non-hydrogen) atoms. The van der Waals surface area contributed by atoms with Gasteiger partial charge in [0, 0.05) is 25.7 Å². The second-order valence-corrected chi connectivity index (χ2v) is 25.6. The summed E-state index contributed by atoms with van der Waals surface area (Å²) in [6.45, 7) is 9.30. The fourth-order valence-electron chi connectivity index (χ4n) is 8.82. The smallest absolute Gasteiger partial charge is 0.462 e. The second kappa shape index (κ2) is 52.8. The van der Waals surface area contributed by atoms with Crippen LogP contribution in [0.25, 0.3) is 0 Å². The summed E-state index contributed by atoms with van der Waals surface area (Å²) in [5, 5.41) is 10.5. The quantitative estimate of drug-likeness (QED) is 0.0222. The maximum absolute atomic E-state index is 12.9. The van der Waals surface area contributed by atoms with Crippen molar-refractivity contribution in [2.24, 2.45) is 11.8 Å². The van der Waals surface area contributed by atoms with Crippen molar-refractivity contribution in [2.45, 2.75) is 310 Å². The molecule has 0 aliphatic heterocycles. The van der Waals surface area contributed by atoms with Gasteiger partial charge in [-0.2, -0.15) is 0 Å². The van der Waals surface area contributed by atoms with Crippen LogP contribution in [0.4, 0.5) is 0 Å². The van der Waals surface area contributed by atoms with Gasteiger partial charge in [0.2, 0.25) is 0 Å². The molecule has 0 rings (SSSR count). The van der Waals surface area contributed by atoms with Gasteiger partial charge in [0.25, 0.3) is 0 Å². The van der Waals surface area contributed by atoms with Crippen LogP contribution in [-0.2, 0) is 65.4 Å². The highest BCUT2D eigenvalue weighted by molar-refractivity contribution is 7.47. The van der Waals surface area contributed by atoms with Gasteiger partial charge in [-0.25, -0.2) is 9.13 Å². The SMILES string of the molecule is CCCCCCCCCCCCCC(=O)OC[C@H](COP(=O)(O)OC[C@@H](O)COP(=O)(O)OC[C@@H](COC(=O)CCCCCCCCCC)OC(=O)CCCCCCCCC(C)C)OC(=O)CCCCCCCCCCC(C)C. The van der Waals surface area contributed by atoms with Crippen LogP contribution in [0.2, 0.25) is 0 Å². The lowest BCUT2D eigenvalue weighted by atomic mass is 10.0. The standard InChI is InChI=1S/C60H116O17P2/c1-7-9-11-13-15-17-18-19-24-31-37-43-58(63)71-48-55(76-59(64)44-38-32-25-21-20-22-28-34-40-52(3)4)50-74-78(66,67)72-46-54(61)47-73-79(68,69)75-51-56(49-70-57(62)42-36-30-23-16-14-12-10-8-2)77-60(65)45-39-33-27-26-29-35-41-53(5)6/h52-56,61H,7-51H2,1-6H3,(H,66,67)(H,68,69)/t54-,55-,56-/m1/s1. The fraction of sp³-hybridized carbons (Fsp3) is 0.933. The first-order valence-corrected chi connectivity index (χ1v) is 34.5. The minimum atomic E-state index is -4.94. The number of rotatable bonds is 59. The lowest BCUT2D eigenvalue weighted by molar-refractivity contribution is -0.161. The Balaban J connectivity index is 5.23. The van der Waals surface area contributed by atoms with E-state index in [1.807, 2.05) is 0 Å². The van der Waals surface area contributed by atoms with Crippen LogP contribution in [0, 0.1) is 11.8 Å². The van der Waals surface area contributed by atoms with E-state index in [9.17, 15) is 43.2 Å². The minimum absolute atomic E-state index is 0.102. The van der Waals surface area contributed by atoms with E-state index in [2.05, 4.69) is 41.5 Å². The number of phosphoric ester groups is 2. The number of carbonyl (C=O) groups excluding carboxylic acids is 4. The van der Waals surface area contributed by atoms with Crippen molar-refractivity contribution >= 4 is 39.5 Å². The van der Waals surface area contributed by atoms with Gasteiger partial charge < -0.3 is 33.8 Å². The van der Waals surface area contributed by atoms with Crippen LogP contribution < -0.4 is 0 Å². The molecular weight excluding hydrogens is 1050 g/mol. The molecule has 0 fully saturated rings. The van der Waals surface area contributed by atoms with Crippen molar-refractivity contribution in [3.8, 4) is 0 Å². The van der Waals surface area contributed by atoms with E-state index in [1.54, 1.807) is 0 Å². The third-order valence-corrected chi connectivity index (χ3v) is 15.6. The van der Waals surface area contributed by atoms with Crippen molar-refractivity contribution in [3.05, 3.63) is 0 Å². The maximum atomic E-state index is 12.9. The average molecular weight is 1170 g/mol. The molecule has 0 saturated carbocycles. The van der Waals surface area contributed by atoms with Crippen LogP contribution in [0.15, 0.2) is 0 Å². The second-order valence-electron chi connectivity index (χ2n) is 22.7. The highest BCUT2D eigenvalue weighted by Crippen LogP contribution is 2.45. The molecule has 468 valence electrons. The van der Waals surface area contributed by atoms with Crippen molar-refractivity contribution in [2.75, 3.05) is 39.6 Å². The van der Waals surface area contributed by atoms with Gasteiger partial charge in [-0.1, -0.05) is 241 Å². The van der Waals surface area contributed by atoms with Gasteiger partial charge in [0.1, 0.15) is 19.3 Å². The zero-order chi connectivity index (χ0) is 58.7. The number of unbranched alkanes of at least 4 members (excludes halogenated alkanes) is 29. The van der Waals surface area contributed by atoms with E-state index in [-0.39, 0.29) is 25.7 Å². The Hall–Kier alpha value is -1.94. The molecule has 19 heteroatoms. The summed E-state index contributed by atoms with van der Waals surface area (Å²) >= 11 is 0. The molecule has 5 atom stereocenters. The predicted octanol–water partition coefficient (Wildman–Crippen LogP) is 16.1. The molecule has 0 saturated heterocycles. The number of hydrogen-bond donors (Lipinski definition) is 3. The monoisotopic (exact) mass is 1170 g/mol. The Morgan fingerprint density at radius 1 is 0.342 bits per heavy atom. The number of phosphoric acid groups is 2. The molecule has 3 N–H and O–H groups in total. The summed E-state index contributed by atoms with van der Waals surface area (Å²) in [4.78, 5) is 71.9. The third-order valence-electron chi connectivity index (χ3n) is 13.7. The molecule has 0 amide bonds.